The number of hydrogen-bond donors (Lipinski definition) is 1. The average molecular weight is 446 g/mol. The Morgan fingerprint density at radius 3 is 2.48 bits per heavy atom. The number of methoxy groups -OCH3 is 1. The fourth-order valence-electron chi connectivity index (χ4n) is 2.25. The van der Waals surface area contributed by atoms with Gasteiger partial charge in [-0.25, -0.2) is 0 Å². The molecule has 0 aromatic heterocycles. The van der Waals surface area contributed by atoms with Crippen molar-refractivity contribution in [2.45, 2.75) is 25.0 Å². The van der Waals surface area contributed by atoms with Gasteiger partial charge in [-0.15, -0.1) is 11.8 Å². The SMILES string of the molecule is COc1cc(COC(=O)CSc2ccc(NC(C)=O)cc2)cc(Cl)c1OC(F)F. The lowest BCUT2D eigenvalue weighted by Gasteiger charge is -2.13. The number of hydrogen-bond acceptors (Lipinski definition) is 6. The summed E-state index contributed by atoms with van der Waals surface area (Å²) in [5.41, 5.74) is 1.13. The highest BCUT2D eigenvalue weighted by molar-refractivity contribution is 8.00. The van der Waals surface area contributed by atoms with Gasteiger partial charge in [0.1, 0.15) is 6.61 Å². The van der Waals surface area contributed by atoms with Crippen molar-refractivity contribution in [3.8, 4) is 11.5 Å². The third-order valence-corrected chi connectivity index (χ3v) is 4.69. The van der Waals surface area contributed by atoms with Crippen LogP contribution in [0.2, 0.25) is 5.02 Å². The molecule has 156 valence electrons. The summed E-state index contributed by atoms with van der Waals surface area (Å²) in [6, 6.07) is 9.78. The zero-order chi connectivity index (χ0) is 21.4. The lowest BCUT2D eigenvalue weighted by Crippen LogP contribution is -2.08. The van der Waals surface area contributed by atoms with Gasteiger partial charge in [-0.05, 0) is 42.0 Å². The van der Waals surface area contributed by atoms with Gasteiger partial charge in [0.05, 0.1) is 17.9 Å². The Kier molecular flexibility index (Phi) is 8.53. The second-order valence-electron chi connectivity index (χ2n) is 5.64. The quantitative estimate of drug-likeness (QED) is 0.444. The summed E-state index contributed by atoms with van der Waals surface area (Å²) in [5.74, 6) is -0.838. The predicted molar refractivity (Wildman–Crippen MR) is 106 cm³/mol. The molecular formula is C19H18ClF2NO5S. The van der Waals surface area contributed by atoms with E-state index in [2.05, 4.69) is 10.1 Å². The molecule has 0 radical (unpaired) electrons. The van der Waals surface area contributed by atoms with Crippen molar-refractivity contribution in [2.24, 2.45) is 0 Å². The molecule has 2 rings (SSSR count). The maximum Gasteiger partial charge on any atom is 0.387 e. The molecule has 10 heteroatoms. The molecule has 0 aliphatic carbocycles. The predicted octanol–water partition coefficient (Wildman–Crippen LogP) is 4.74. The van der Waals surface area contributed by atoms with Crippen LogP contribution in [0.25, 0.3) is 0 Å². The van der Waals surface area contributed by atoms with Gasteiger partial charge < -0.3 is 19.5 Å². The minimum absolute atomic E-state index is 0.0116. The highest BCUT2D eigenvalue weighted by Gasteiger charge is 2.17. The van der Waals surface area contributed by atoms with Crippen LogP contribution in [0.1, 0.15) is 12.5 Å². The van der Waals surface area contributed by atoms with Crippen LogP contribution in [0.4, 0.5) is 14.5 Å². The molecule has 0 atom stereocenters. The summed E-state index contributed by atoms with van der Waals surface area (Å²) >= 11 is 7.22. The molecule has 0 aliphatic heterocycles. The highest BCUT2D eigenvalue weighted by atomic mass is 35.5. The maximum absolute atomic E-state index is 12.4. The maximum atomic E-state index is 12.4. The minimum atomic E-state index is -3.05. The molecule has 1 amide bonds. The lowest BCUT2D eigenvalue weighted by atomic mass is 10.2. The van der Waals surface area contributed by atoms with Gasteiger partial charge in [-0.1, -0.05) is 11.6 Å². The number of amides is 1. The number of alkyl halides is 2. The number of esters is 1. The second kappa shape index (κ2) is 10.9. The third-order valence-electron chi connectivity index (χ3n) is 3.43. The fraction of sp³-hybridized carbons (Fsp3) is 0.263. The molecule has 0 fully saturated rings. The number of ether oxygens (including phenoxy) is 3. The molecular weight excluding hydrogens is 428 g/mol. The normalized spacial score (nSPS) is 10.6. The van der Waals surface area contributed by atoms with Gasteiger partial charge in [0, 0.05) is 17.5 Å². The molecule has 0 unspecified atom stereocenters. The molecule has 0 saturated carbocycles. The summed E-state index contributed by atoms with van der Waals surface area (Å²) in [6.07, 6.45) is 0. The van der Waals surface area contributed by atoms with E-state index >= 15 is 0 Å². The number of halogens is 3. The lowest BCUT2D eigenvalue weighted by molar-refractivity contribution is -0.141. The molecule has 29 heavy (non-hydrogen) atoms. The molecule has 6 nitrogen and oxygen atoms in total. The van der Waals surface area contributed by atoms with E-state index in [0.29, 0.717) is 11.3 Å². The van der Waals surface area contributed by atoms with Gasteiger partial charge >= 0.3 is 12.6 Å². The van der Waals surface area contributed by atoms with E-state index < -0.39 is 12.6 Å². The number of thioether (sulfide) groups is 1. The topological polar surface area (TPSA) is 73.9 Å². The highest BCUT2D eigenvalue weighted by Crippen LogP contribution is 2.37. The number of carbonyl (C=O) groups excluding carboxylic acids is 2. The van der Waals surface area contributed by atoms with Gasteiger partial charge in [0.15, 0.2) is 11.5 Å². The first-order valence-electron chi connectivity index (χ1n) is 8.25. The van der Waals surface area contributed by atoms with Crippen LogP contribution in [0.15, 0.2) is 41.3 Å². The Bertz CT molecular complexity index is 864. The largest absolute Gasteiger partial charge is 0.493 e. The average Bonchev–Trinajstić information content (AvgIpc) is 2.66. The van der Waals surface area contributed by atoms with Crippen LogP contribution in [-0.2, 0) is 20.9 Å². The van der Waals surface area contributed by atoms with Crippen LogP contribution >= 0.6 is 23.4 Å². The minimum Gasteiger partial charge on any atom is -0.493 e. The Morgan fingerprint density at radius 1 is 1.21 bits per heavy atom. The number of benzene rings is 2. The van der Waals surface area contributed by atoms with Gasteiger partial charge in [-0.2, -0.15) is 8.78 Å². The van der Waals surface area contributed by atoms with E-state index in [4.69, 9.17) is 21.1 Å². The molecule has 0 heterocycles. The zero-order valence-electron chi connectivity index (χ0n) is 15.5. The first kappa shape index (κ1) is 22.8. The summed E-state index contributed by atoms with van der Waals surface area (Å²) in [5, 5.41) is 2.57. The number of carbonyl (C=O) groups is 2. The van der Waals surface area contributed by atoms with Crippen LogP contribution in [-0.4, -0.2) is 31.4 Å². The van der Waals surface area contributed by atoms with Gasteiger partial charge in [-0.3, -0.25) is 9.59 Å². The van der Waals surface area contributed by atoms with Crippen molar-refractivity contribution >= 4 is 40.9 Å². The van der Waals surface area contributed by atoms with Crippen LogP contribution in [0, 0.1) is 0 Å². The Hall–Kier alpha value is -2.52. The third kappa shape index (κ3) is 7.43. The second-order valence-corrected chi connectivity index (χ2v) is 7.10. The van der Waals surface area contributed by atoms with E-state index in [9.17, 15) is 18.4 Å². The molecule has 2 aromatic rings. The summed E-state index contributed by atoms with van der Waals surface area (Å²) in [7, 11) is 1.29. The monoisotopic (exact) mass is 445 g/mol. The Morgan fingerprint density at radius 2 is 1.90 bits per heavy atom. The number of nitrogens with one attached hydrogen (secondary N) is 1. The molecule has 0 saturated heterocycles. The van der Waals surface area contributed by atoms with E-state index in [1.54, 1.807) is 24.3 Å². The summed E-state index contributed by atoms with van der Waals surface area (Å²) < 4.78 is 39.4. The fourth-order valence-corrected chi connectivity index (χ4v) is 3.22. The van der Waals surface area contributed by atoms with E-state index in [1.807, 2.05) is 0 Å². The van der Waals surface area contributed by atoms with Crippen LogP contribution in [0.3, 0.4) is 0 Å². The number of anilines is 1. The summed E-state index contributed by atoms with van der Waals surface area (Å²) in [6.45, 7) is -1.73. The molecule has 1 N–H and O–H groups in total. The van der Waals surface area contributed by atoms with E-state index in [-0.39, 0.29) is 34.8 Å². The Balaban J connectivity index is 1.88. The Labute approximate surface area is 175 Å². The van der Waals surface area contributed by atoms with Gasteiger partial charge in [0.25, 0.3) is 0 Å². The van der Waals surface area contributed by atoms with Crippen molar-refractivity contribution in [3.05, 3.63) is 47.0 Å². The van der Waals surface area contributed by atoms with Crippen molar-refractivity contribution in [1.29, 1.82) is 0 Å². The molecule has 0 spiro atoms. The van der Waals surface area contributed by atoms with Crippen molar-refractivity contribution < 1.29 is 32.6 Å². The van der Waals surface area contributed by atoms with Gasteiger partial charge in [0.2, 0.25) is 5.91 Å². The van der Waals surface area contributed by atoms with Crippen LogP contribution in [0.5, 0.6) is 11.5 Å². The van der Waals surface area contributed by atoms with Crippen molar-refractivity contribution in [1.82, 2.24) is 0 Å². The van der Waals surface area contributed by atoms with E-state index in [1.165, 1.54) is 37.9 Å². The number of rotatable bonds is 9. The van der Waals surface area contributed by atoms with Crippen molar-refractivity contribution in [3.63, 3.8) is 0 Å². The summed E-state index contributed by atoms with van der Waals surface area (Å²) in [4.78, 5) is 23.8. The molecule has 0 bridgehead atoms. The first-order valence-corrected chi connectivity index (χ1v) is 9.62. The molecule has 0 aliphatic rings. The zero-order valence-corrected chi connectivity index (χ0v) is 17.1. The molecule has 2 aromatic carbocycles. The smallest absolute Gasteiger partial charge is 0.387 e. The van der Waals surface area contributed by atoms with E-state index in [0.717, 1.165) is 4.90 Å². The first-order chi connectivity index (χ1) is 13.8. The van der Waals surface area contributed by atoms with Crippen molar-refractivity contribution in [2.75, 3.05) is 18.2 Å². The standard InChI is InChI=1S/C19H18ClF2NO5S/c1-11(24)23-13-3-5-14(6-4-13)29-10-17(25)27-9-12-7-15(20)18(28-19(21)22)16(8-12)26-2/h3-8,19H,9-10H2,1-2H3,(H,23,24). The van der Waals surface area contributed by atoms with Crippen LogP contribution < -0.4 is 14.8 Å².